The molecule has 0 saturated carbocycles. The zero-order valence-corrected chi connectivity index (χ0v) is 13.1. The fraction of sp³-hybridized carbons (Fsp3) is 0.0769. The fourth-order valence-electron chi connectivity index (χ4n) is 1.45. The van der Waals surface area contributed by atoms with Crippen LogP contribution in [0.4, 0.5) is 0 Å². The van der Waals surface area contributed by atoms with Crippen LogP contribution in [0.5, 0.6) is 11.5 Å². The van der Waals surface area contributed by atoms with Crippen molar-refractivity contribution in [2.75, 3.05) is 0 Å². The van der Waals surface area contributed by atoms with E-state index in [0.717, 1.165) is 8.95 Å². The van der Waals surface area contributed by atoms with Gasteiger partial charge in [-0.15, -0.1) is 0 Å². The summed E-state index contributed by atoms with van der Waals surface area (Å²) in [5, 5.41) is 9.93. The molecule has 0 bridgehead atoms. The maximum atomic E-state index is 9.30. The normalized spacial score (nSPS) is 10.4. The summed E-state index contributed by atoms with van der Waals surface area (Å²) in [5.41, 5.74) is 0.714. The van der Waals surface area contributed by atoms with Crippen molar-refractivity contribution in [3.05, 3.63) is 55.9 Å². The molecule has 0 spiro atoms. The lowest BCUT2D eigenvalue weighted by Crippen LogP contribution is -1.92. The van der Waals surface area contributed by atoms with Crippen LogP contribution < -0.4 is 4.74 Å². The first-order valence-electron chi connectivity index (χ1n) is 5.12. The SMILES string of the molecule is OCc1cc(Br)ccc1Oc1ccc(Cl)cc1Br. The van der Waals surface area contributed by atoms with Gasteiger partial charge < -0.3 is 9.84 Å². The van der Waals surface area contributed by atoms with Crippen LogP contribution in [-0.4, -0.2) is 5.11 Å². The van der Waals surface area contributed by atoms with Crippen LogP contribution in [0.25, 0.3) is 0 Å². The lowest BCUT2D eigenvalue weighted by Gasteiger charge is -2.11. The minimum Gasteiger partial charge on any atom is -0.456 e. The second-order valence-electron chi connectivity index (χ2n) is 3.59. The molecule has 0 aliphatic rings. The zero-order chi connectivity index (χ0) is 13.1. The van der Waals surface area contributed by atoms with Crippen LogP contribution in [0.15, 0.2) is 45.3 Å². The van der Waals surface area contributed by atoms with E-state index in [9.17, 15) is 5.11 Å². The Hall–Kier alpha value is -0.550. The summed E-state index contributed by atoms with van der Waals surface area (Å²) in [6, 6.07) is 10.8. The molecule has 2 aromatic carbocycles. The molecule has 2 nitrogen and oxygen atoms in total. The van der Waals surface area contributed by atoms with Crippen molar-refractivity contribution in [3.8, 4) is 11.5 Å². The quantitative estimate of drug-likeness (QED) is 0.783. The molecule has 0 saturated heterocycles. The number of hydrogen-bond acceptors (Lipinski definition) is 2. The highest BCUT2D eigenvalue weighted by Gasteiger charge is 2.08. The Morgan fingerprint density at radius 1 is 1.06 bits per heavy atom. The molecular weight excluding hydrogens is 383 g/mol. The lowest BCUT2D eigenvalue weighted by molar-refractivity contribution is 0.276. The van der Waals surface area contributed by atoms with Gasteiger partial charge >= 0.3 is 0 Å². The van der Waals surface area contributed by atoms with Gasteiger partial charge in [-0.05, 0) is 52.3 Å². The fourth-order valence-corrected chi connectivity index (χ4v) is 2.62. The summed E-state index contributed by atoms with van der Waals surface area (Å²) in [4.78, 5) is 0. The first-order valence-corrected chi connectivity index (χ1v) is 7.09. The van der Waals surface area contributed by atoms with E-state index < -0.39 is 0 Å². The van der Waals surface area contributed by atoms with Gasteiger partial charge in [0.25, 0.3) is 0 Å². The first kappa shape index (κ1) is 13.9. The predicted molar refractivity (Wildman–Crippen MR) is 79.3 cm³/mol. The van der Waals surface area contributed by atoms with E-state index in [2.05, 4.69) is 31.9 Å². The van der Waals surface area contributed by atoms with Crippen LogP contribution in [0.3, 0.4) is 0 Å². The summed E-state index contributed by atoms with van der Waals surface area (Å²) < 4.78 is 7.42. The Morgan fingerprint density at radius 2 is 1.78 bits per heavy atom. The molecule has 0 aliphatic carbocycles. The van der Waals surface area contributed by atoms with Crippen molar-refractivity contribution in [1.29, 1.82) is 0 Å². The van der Waals surface area contributed by atoms with E-state index in [-0.39, 0.29) is 6.61 Å². The van der Waals surface area contributed by atoms with Gasteiger partial charge in [-0.25, -0.2) is 0 Å². The smallest absolute Gasteiger partial charge is 0.141 e. The van der Waals surface area contributed by atoms with E-state index in [0.29, 0.717) is 22.1 Å². The Kier molecular flexibility index (Phi) is 4.67. The predicted octanol–water partition coefficient (Wildman–Crippen LogP) is 5.15. The molecule has 0 amide bonds. The number of rotatable bonds is 3. The molecule has 1 N–H and O–H groups in total. The maximum absolute atomic E-state index is 9.30. The Morgan fingerprint density at radius 3 is 2.44 bits per heavy atom. The molecule has 5 heteroatoms. The van der Waals surface area contributed by atoms with Gasteiger partial charge in [-0.3, -0.25) is 0 Å². The summed E-state index contributed by atoms with van der Waals surface area (Å²) in [6.07, 6.45) is 0. The number of aliphatic hydroxyl groups excluding tert-OH is 1. The minimum atomic E-state index is -0.0834. The van der Waals surface area contributed by atoms with Crippen molar-refractivity contribution >= 4 is 43.5 Å². The molecule has 0 radical (unpaired) electrons. The minimum absolute atomic E-state index is 0.0834. The van der Waals surface area contributed by atoms with Crippen molar-refractivity contribution in [2.24, 2.45) is 0 Å². The largest absolute Gasteiger partial charge is 0.456 e. The third-order valence-corrected chi connectivity index (χ3v) is 3.65. The van der Waals surface area contributed by atoms with Gasteiger partial charge in [0, 0.05) is 15.1 Å². The van der Waals surface area contributed by atoms with E-state index in [1.165, 1.54) is 0 Å². The second kappa shape index (κ2) is 6.06. The van der Waals surface area contributed by atoms with Crippen LogP contribution >= 0.6 is 43.5 Å². The standard InChI is InChI=1S/C13H9Br2ClO2/c14-9-1-3-12(8(5-9)7-17)18-13-4-2-10(16)6-11(13)15/h1-6,17H,7H2. The Bertz CT molecular complexity index is 573. The highest BCUT2D eigenvalue weighted by atomic mass is 79.9. The Balaban J connectivity index is 2.33. The summed E-state index contributed by atoms with van der Waals surface area (Å²) in [6.45, 7) is -0.0834. The molecule has 94 valence electrons. The van der Waals surface area contributed by atoms with Gasteiger partial charge in [0.1, 0.15) is 11.5 Å². The number of benzene rings is 2. The molecular formula is C13H9Br2ClO2. The van der Waals surface area contributed by atoms with E-state index in [4.69, 9.17) is 16.3 Å². The molecule has 18 heavy (non-hydrogen) atoms. The first-order chi connectivity index (χ1) is 8.60. The number of halogens is 3. The number of aliphatic hydroxyl groups is 1. The highest BCUT2D eigenvalue weighted by molar-refractivity contribution is 9.10. The number of hydrogen-bond donors (Lipinski definition) is 1. The van der Waals surface area contributed by atoms with Gasteiger partial charge in [0.05, 0.1) is 11.1 Å². The average molecular weight is 392 g/mol. The lowest BCUT2D eigenvalue weighted by atomic mass is 10.2. The molecule has 0 atom stereocenters. The van der Waals surface area contributed by atoms with Crippen LogP contribution in [0.2, 0.25) is 5.02 Å². The molecule has 0 aromatic heterocycles. The third kappa shape index (κ3) is 3.26. The monoisotopic (exact) mass is 390 g/mol. The topological polar surface area (TPSA) is 29.5 Å². The van der Waals surface area contributed by atoms with Crippen molar-refractivity contribution in [2.45, 2.75) is 6.61 Å². The van der Waals surface area contributed by atoms with Crippen LogP contribution in [-0.2, 0) is 6.61 Å². The van der Waals surface area contributed by atoms with E-state index >= 15 is 0 Å². The maximum Gasteiger partial charge on any atom is 0.141 e. The van der Waals surface area contributed by atoms with E-state index in [1.54, 1.807) is 24.3 Å². The zero-order valence-electron chi connectivity index (χ0n) is 9.16. The summed E-state index contributed by atoms with van der Waals surface area (Å²) in [5.74, 6) is 1.26. The molecule has 0 aliphatic heterocycles. The van der Waals surface area contributed by atoms with Crippen LogP contribution in [0, 0.1) is 0 Å². The van der Waals surface area contributed by atoms with Gasteiger partial charge in [0.2, 0.25) is 0 Å². The van der Waals surface area contributed by atoms with Crippen molar-refractivity contribution in [3.63, 3.8) is 0 Å². The highest BCUT2D eigenvalue weighted by Crippen LogP contribution is 2.34. The molecule has 0 heterocycles. The number of ether oxygens (including phenoxy) is 1. The average Bonchev–Trinajstić information content (AvgIpc) is 2.34. The van der Waals surface area contributed by atoms with E-state index in [1.807, 2.05) is 12.1 Å². The molecule has 2 aromatic rings. The second-order valence-corrected chi connectivity index (χ2v) is 5.79. The van der Waals surface area contributed by atoms with Crippen molar-refractivity contribution < 1.29 is 9.84 Å². The molecule has 2 rings (SSSR count). The van der Waals surface area contributed by atoms with Gasteiger partial charge in [0.15, 0.2) is 0 Å². The molecule has 0 fully saturated rings. The summed E-state index contributed by atoms with van der Waals surface area (Å²) in [7, 11) is 0. The van der Waals surface area contributed by atoms with Crippen molar-refractivity contribution in [1.82, 2.24) is 0 Å². The Labute approximate surface area is 127 Å². The van der Waals surface area contributed by atoms with Crippen LogP contribution in [0.1, 0.15) is 5.56 Å². The third-order valence-electron chi connectivity index (χ3n) is 2.31. The molecule has 0 unspecified atom stereocenters. The summed E-state index contributed by atoms with van der Waals surface area (Å²) >= 11 is 12.6. The van der Waals surface area contributed by atoms with Gasteiger partial charge in [-0.2, -0.15) is 0 Å². The van der Waals surface area contributed by atoms with Gasteiger partial charge in [-0.1, -0.05) is 27.5 Å².